The molecule has 0 aromatic carbocycles. The van der Waals surface area contributed by atoms with Crippen molar-refractivity contribution in [2.75, 3.05) is 13.1 Å². The summed E-state index contributed by atoms with van der Waals surface area (Å²) < 4.78 is 1.74. The summed E-state index contributed by atoms with van der Waals surface area (Å²) in [7, 11) is 0. The lowest BCUT2D eigenvalue weighted by molar-refractivity contribution is -0.123. The molecule has 0 radical (unpaired) electrons. The second kappa shape index (κ2) is 8.29. The Morgan fingerprint density at radius 1 is 1.27 bits per heavy atom. The van der Waals surface area contributed by atoms with E-state index in [1.54, 1.807) is 4.68 Å². The van der Waals surface area contributed by atoms with Gasteiger partial charge in [0.15, 0.2) is 5.69 Å². The van der Waals surface area contributed by atoms with Gasteiger partial charge in [0.1, 0.15) is 0 Å². The second-order valence-corrected chi connectivity index (χ2v) is 6.92. The highest BCUT2D eigenvalue weighted by atomic mass is 16.2. The average Bonchev–Trinajstić information content (AvgIpc) is 3.39. The van der Waals surface area contributed by atoms with Crippen LogP contribution in [0.1, 0.15) is 55.7 Å². The molecule has 0 bridgehead atoms. The number of aromatic nitrogens is 3. The molecule has 7 heteroatoms. The van der Waals surface area contributed by atoms with Crippen LogP contribution in [0.4, 0.5) is 0 Å². The van der Waals surface area contributed by atoms with E-state index in [0.29, 0.717) is 31.1 Å². The molecule has 1 aromatic rings. The third kappa shape index (κ3) is 4.20. The van der Waals surface area contributed by atoms with E-state index in [2.05, 4.69) is 27.9 Å². The molecule has 2 N–H and O–H groups in total. The third-order valence-electron chi connectivity index (χ3n) is 4.73. The molecule has 0 spiro atoms. The molecule has 1 unspecified atom stereocenters. The lowest BCUT2D eigenvalue weighted by atomic mass is 9.98. The summed E-state index contributed by atoms with van der Waals surface area (Å²) in [5.74, 6) is 0.357. The Balaban J connectivity index is 1.74. The Kier molecular flexibility index (Phi) is 5.85. The Labute approximate surface area is 153 Å². The lowest BCUT2D eigenvalue weighted by Gasteiger charge is -2.16. The minimum atomic E-state index is -0.154. The molecule has 2 aliphatic carbocycles. The highest BCUT2D eigenvalue weighted by Crippen LogP contribution is 2.28. The number of amides is 2. The van der Waals surface area contributed by atoms with Gasteiger partial charge < -0.3 is 10.6 Å². The summed E-state index contributed by atoms with van der Waals surface area (Å²) in [6.07, 6.45) is 10.4. The SMILES string of the molecule is CCCc1c(C(=O)NCC2CC2)nnn1C1=CCC(C(=O)NCC)C=C1. The fourth-order valence-corrected chi connectivity index (χ4v) is 3.06. The maximum Gasteiger partial charge on any atom is 0.273 e. The van der Waals surface area contributed by atoms with Gasteiger partial charge in [-0.1, -0.05) is 30.7 Å². The first-order valence-electron chi connectivity index (χ1n) is 9.53. The van der Waals surface area contributed by atoms with E-state index < -0.39 is 0 Å². The minimum Gasteiger partial charge on any atom is -0.356 e. The monoisotopic (exact) mass is 357 g/mol. The molecule has 2 amide bonds. The molecular formula is C19H27N5O2. The third-order valence-corrected chi connectivity index (χ3v) is 4.73. The Hall–Kier alpha value is -2.44. The van der Waals surface area contributed by atoms with Crippen LogP contribution in [-0.4, -0.2) is 39.9 Å². The maximum absolute atomic E-state index is 12.5. The fourth-order valence-electron chi connectivity index (χ4n) is 3.06. The van der Waals surface area contributed by atoms with Gasteiger partial charge in [0.25, 0.3) is 5.91 Å². The van der Waals surface area contributed by atoms with Crippen LogP contribution in [0.5, 0.6) is 0 Å². The van der Waals surface area contributed by atoms with Crippen LogP contribution >= 0.6 is 0 Å². The van der Waals surface area contributed by atoms with E-state index in [9.17, 15) is 9.59 Å². The van der Waals surface area contributed by atoms with Gasteiger partial charge in [0.2, 0.25) is 5.91 Å². The van der Waals surface area contributed by atoms with Gasteiger partial charge in [-0.25, -0.2) is 4.68 Å². The Morgan fingerprint density at radius 3 is 2.69 bits per heavy atom. The summed E-state index contributed by atoms with van der Waals surface area (Å²) >= 11 is 0. The summed E-state index contributed by atoms with van der Waals surface area (Å²) in [5, 5.41) is 14.2. The zero-order chi connectivity index (χ0) is 18.5. The van der Waals surface area contributed by atoms with Crippen LogP contribution in [0.2, 0.25) is 0 Å². The van der Waals surface area contributed by atoms with Gasteiger partial charge in [0.05, 0.1) is 17.3 Å². The van der Waals surface area contributed by atoms with Crippen molar-refractivity contribution in [3.8, 4) is 0 Å². The predicted octanol–water partition coefficient (Wildman–Crippen LogP) is 1.92. The largest absolute Gasteiger partial charge is 0.356 e. The van der Waals surface area contributed by atoms with Gasteiger partial charge in [-0.05, 0) is 44.6 Å². The molecule has 7 nitrogen and oxygen atoms in total. The number of nitrogens with zero attached hydrogens (tertiary/aromatic N) is 3. The van der Waals surface area contributed by atoms with E-state index in [-0.39, 0.29) is 17.7 Å². The minimum absolute atomic E-state index is 0.0339. The predicted molar refractivity (Wildman–Crippen MR) is 99.3 cm³/mol. The first-order chi connectivity index (χ1) is 12.6. The number of carbonyl (C=O) groups is 2. The lowest BCUT2D eigenvalue weighted by Crippen LogP contribution is -2.30. The van der Waals surface area contributed by atoms with Gasteiger partial charge in [-0.3, -0.25) is 9.59 Å². The number of allylic oxidation sites excluding steroid dienone is 3. The van der Waals surface area contributed by atoms with Crippen LogP contribution in [0.3, 0.4) is 0 Å². The quantitative estimate of drug-likeness (QED) is 0.744. The number of hydrogen-bond acceptors (Lipinski definition) is 4. The molecule has 1 heterocycles. The van der Waals surface area contributed by atoms with Crippen LogP contribution in [0, 0.1) is 11.8 Å². The van der Waals surface area contributed by atoms with Crippen molar-refractivity contribution in [2.24, 2.45) is 11.8 Å². The fraction of sp³-hybridized carbons (Fsp3) is 0.579. The number of rotatable bonds is 8. The molecule has 1 aromatic heterocycles. The van der Waals surface area contributed by atoms with Crippen molar-refractivity contribution in [1.82, 2.24) is 25.6 Å². The zero-order valence-corrected chi connectivity index (χ0v) is 15.5. The van der Waals surface area contributed by atoms with Crippen LogP contribution < -0.4 is 10.6 Å². The van der Waals surface area contributed by atoms with Crippen LogP contribution in [0.15, 0.2) is 18.2 Å². The van der Waals surface area contributed by atoms with E-state index in [1.165, 1.54) is 12.8 Å². The molecule has 1 atom stereocenters. The van der Waals surface area contributed by atoms with Gasteiger partial charge in [-0.15, -0.1) is 5.10 Å². The molecule has 0 saturated heterocycles. The van der Waals surface area contributed by atoms with E-state index in [0.717, 1.165) is 24.2 Å². The summed E-state index contributed by atoms with van der Waals surface area (Å²) in [5.41, 5.74) is 2.10. The molecule has 2 aliphatic rings. The van der Waals surface area contributed by atoms with Crippen molar-refractivity contribution < 1.29 is 9.59 Å². The first kappa shape index (κ1) is 18.4. The first-order valence-corrected chi connectivity index (χ1v) is 9.53. The topological polar surface area (TPSA) is 88.9 Å². The van der Waals surface area contributed by atoms with Crippen molar-refractivity contribution >= 4 is 17.5 Å². The Morgan fingerprint density at radius 2 is 2.08 bits per heavy atom. The number of carbonyl (C=O) groups excluding carboxylic acids is 2. The smallest absolute Gasteiger partial charge is 0.273 e. The van der Waals surface area contributed by atoms with Crippen molar-refractivity contribution in [2.45, 2.75) is 46.0 Å². The van der Waals surface area contributed by atoms with Gasteiger partial charge in [-0.2, -0.15) is 0 Å². The number of hydrogen-bond donors (Lipinski definition) is 2. The molecule has 3 rings (SSSR count). The van der Waals surface area contributed by atoms with Crippen LogP contribution in [0.25, 0.3) is 5.70 Å². The molecule has 140 valence electrons. The van der Waals surface area contributed by atoms with Crippen molar-refractivity contribution in [1.29, 1.82) is 0 Å². The Bertz CT molecular complexity index is 730. The molecule has 0 aliphatic heterocycles. The van der Waals surface area contributed by atoms with Crippen LogP contribution in [-0.2, 0) is 11.2 Å². The second-order valence-electron chi connectivity index (χ2n) is 6.92. The van der Waals surface area contributed by atoms with Crippen molar-refractivity contribution in [3.63, 3.8) is 0 Å². The average molecular weight is 357 g/mol. The highest BCUT2D eigenvalue weighted by Gasteiger charge is 2.25. The van der Waals surface area contributed by atoms with Gasteiger partial charge >= 0.3 is 0 Å². The zero-order valence-electron chi connectivity index (χ0n) is 15.5. The number of nitrogens with one attached hydrogen (secondary N) is 2. The highest BCUT2D eigenvalue weighted by molar-refractivity contribution is 5.93. The summed E-state index contributed by atoms with van der Waals surface area (Å²) in [6, 6.07) is 0. The summed E-state index contributed by atoms with van der Waals surface area (Å²) in [6.45, 7) is 5.32. The van der Waals surface area contributed by atoms with E-state index in [4.69, 9.17) is 0 Å². The van der Waals surface area contributed by atoms with E-state index in [1.807, 2.05) is 25.2 Å². The van der Waals surface area contributed by atoms with Gasteiger partial charge in [0, 0.05) is 13.1 Å². The molecular weight excluding hydrogens is 330 g/mol. The maximum atomic E-state index is 12.5. The molecule has 1 fully saturated rings. The summed E-state index contributed by atoms with van der Waals surface area (Å²) in [4.78, 5) is 24.4. The normalized spacial score (nSPS) is 19.2. The standard InChI is InChI=1S/C19H27N5O2/c1-3-5-16-17(19(26)21-12-13-6-7-13)22-23-24(16)15-10-8-14(9-11-15)18(25)20-4-2/h8,10-11,13-14H,3-7,9,12H2,1-2H3,(H,20,25)(H,21,26). The molecule has 1 saturated carbocycles. The molecule has 26 heavy (non-hydrogen) atoms. The van der Waals surface area contributed by atoms with E-state index >= 15 is 0 Å². The van der Waals surface area contributed by atoms with Crippen molar-refractivity contribution in [3.05, 3.63) is 29.6 Å².